The van der Waals surface area contributed by atoms with Gasteiger partial charge in [-0.2, -0.15) is 0 Å². The Bertz CT molecular complexity index is 680. The standard InChI is InChI=1S/C19H24ClO6P/c20-12-2-1-3-13(8-12)22-11-19(23-6-7-24-19)5-4-14-15-9-18(21)25-16(15)10-17(14)26-27/h1-5,8,14-18,21H,6-7,9-11,27H2/b5-4+/t14-,15-,16?,17?,18?/m1/s1. The molecule has 27 heavy (non-hydrogen) atoms. The number of ether oxygens (including phenoxy) is 4. The lowest BCUT2D eigenvalue weighted by Gasteiger charge is -2.26. The Morgan fingerprint density at radius 2 is 2.11 bits per heavy atom. The topological polar surface area (TPSA) is 66.4 Å². The van der Waals surface area contributed by atoms with Crippen LogP contribution >= 0.6 is 21.1 Å². The number of rotatable bonds is 6. The van der Waals surface area contributed by atoms with Crippen LogP contribution < -0.4 is 4.74 Å². The fourth-order valence-electron chi connectivity index (χ4n) is 4.15. The van der Waals surface area contributed by atoms with Gasteiger partial charge in [0.1, 0.15) is 12.4 Å². The fourth-order valence-corrected chi connectivity index (χ4v) is 4.62. The van der Waals surface area contributed by atoms with E-state index in [-0.39, 0.29) is 30.7 Å². The molecule has 0 radical (unpaired) electrons. The molecule has 4 rings (SSSR count). The van der Waals surface area contributed by atoms with Crippen molar-refractivity contribution >= 4 is 21.1 Å². The molecule has 148 valence electrons. The summed E-state index contributed by atoms with van der Waals surface area (Å²) >= 11 is 6.01. The summed E-state index contributed by atoms with van der Waals surface area (Å²) in [6, 6.07) is 7.23. The predicted molar refractivity (Wildman–Crippen MR) is 102 cm³/mol. The third kappa shape index (κ3) is 4.33. The Hall–Kier alpha value is -0.720. The molecule has 1 saturated carbocycles. The molecule has 6 atom stereocenters. The predicted octanol–water partition coefficient (Wildman–Crippen LogP) is 2.94. The van der Waals surface area contributed by atoms with Crippen LogP contribution in [-0.2, 0) is 18.7 Å². The molecule has 8 heteroatoms. The number of fused-ring (bicyclic) bond motifs is 1. The van der Waals surface area contributed by atoms with Gasteiger partial charge in [0.2, 0.25) is 5.79 Å². The molecule has 1 aromatic rings. The average molecular weight is 415 g/mol. The monoisotopic (exact) mass is 414 g/mol. The van der Waals surface area contributed by atoms with Crippen LogP contribution in [-0.4, -0.2) is 49.2 Å². The highest BCUT2D eigenvalue weighted by Gasteiger charge is 2.49. The lowest BCUT2D eigenvalue weighted by molar-refractivity contribution is -0.139. The van der Waals surface area contributed by atoms with E-state index in [4.69, 9.17) is 35.1 Å². The maximum absolute atomic E-state index is 9.80. The van der Waals surface area contributed by atoms with Crippen LogP contribution in [0.2, 0.25) is 5.02 Å². The van der Waals surface area contributed by atoms with Gasteiger partial charge in [-0.3, -0.25) is 0 Å². The first-order valence-electron chi connectivity index (χ1n) is 9.13. The summed E-state index contributed by atoms with van der Waals surface area (Å²) in [4.78, 5) is 0. The molecule has 1 aromatic carbocycles. The van der Waals surface area contributed by atoms with Gasteiger partial charge in [-0.15, -0.1) is 0 Å². The van der Waals surface area contributed by atoms with Gasteiger partial charge in [0.15, 0.2) is 6.29 Å². The van der Waals surface area contributed by atoms with Crippen molar-refractivity contribution in [3.63, 3.8) is 0 Å². The van der Waals surface area contributed by atoms with Gasteiger partial charge < -0.3 is 28.6 Å². The summed E-state index contributed by atoms with van der Waals surface area (Å²) in [5.74, 6) is 0.0487. The van der Waals surface area contributed by atoms with Crippen LogP contribution in [0, 0.1) is 11.8 Å². The van der Waals surface area contributed by atoms with E-state index in [0.29, 0.717) is 30.4 Å². The van der Waals surface area contributed by atoms with E-state index in [2.05, 4.69) is 15.5 Å². The van der Waals surface area contributed by atoms with Crippen molar-refractivity contribution in [1.82, 2.24) is 0 Å². The molecule has 1 aliphatic carbocycles. The van der Waals surface area contributed by atoms with E-state index in [0.717, 1.165) is 6.42 Å². The average Bonchev–Trinajstić information content (AvgIpc) is 3.33. The normalized spacial score (nSPS) is 35.0. The molecule has 2 heterocycles. The van der Waals surface area contributed by atoms with Crippen molar-refractivity contribution in [1.29, 1.82) is 0 Å². The highest BCUT2D eigenvalue weighted by molar-refractivity contribution is 7.09. The summed E-state index contributed by atoms with van der Waals surface area (Å²) in [6.07, 6.45) is 4.68. The van der Waals surface area contributed by atoms with Crippen LogP contribution in [0.3, 0.4) is 0 Å². The molecule has 2 aliphatic heterocycles. The van der Waals surface area contributed by atoms with Crippen molar-refractivity contribution in [2.75, 3.05) is 19.8 Å². The molecule has 1 N–H and O–H groups in total. The third-order valence-electron chi connectivity index (χ3n) is 5.43. The molecule has 6 nitrogen and oxygen atoms in total. The van der Waals surface area contributed by atoms with Gasteiger partial charge in [0.25, 0.3) is 0 Å². The maximum atomic E-state index is 9.80. The lowest BCUT2D eigenvalue weighted by atomic mass is 9.91. The summed E-state index contributed by atoms with van der Waals surface area (Å²) in [6.45, 7) is 1.23. The minimum atomic E-state index is -0.941. The van der Waals surface area contributed by atoms with Crippen LogP contribution in [0.1, 0.15) is 12.8 Å². The molecule has 3 aliphatic rings. The summed E-state index contributed by atoms with van der Waals surface area (Å²) in [7, 11) is 2.34. The molecule has 0 aromatic heterocycles. The van der Waals surface area contributed by atoms with Crippen LogP contribution in [0.15, 0.2) is 36.4 Å². The van der Waals surface area contributed by atoms with E-state index in [9.17, 15) is 5.11 Å². The first kappa shape index (κ1) is 19.6. The minimum Gasteiger partial charge on any atom is -0.488 e. The van der Waals surface area contributed by atoms with Gasteiger partial charge >= 0.3 is 0 Å². The molecule has 0 bridgehead atoms. The van der Waals surface area contributed by atoms with E-state index in [1.807, 2.05) is 18.2 Å². The van der Waals surface area contributed by atoms with E-state index in [1.165, 1.54) is 0 Å². The zero-order valence-corrected chi connectivity index (χ0v) is 16.7. The maximum Gasteiger partial charge on any atom is 0.223 e. The molecular weight excluding hydrogens is 391 g/mol. The number of hydrogen-bond acceptors (Lipinski definition) is 6. The van der Waals surface area contributed by atoms with Gasteiger partial charge in [0.05, 0.1) is 25.4 Å². The second-order valence-corrected chi connectivity index (χ2v) is 7.84. The zero-order chi connectivity index (χ0) is 18.9. The highest BCUT2D eigenvalue weighted by Crippen LogP contribution is 2.45. The number of aliphatic hydroxyl groups is 1. The number of halogens is 1. The first-order valence-corrected chi connectivity index (χ1v) is 9.98. The van der Waals surface area contributed by atoms with E-state index >= 15 is 0 Å². The van der Waals surface area contributed by atoms with Crippen LogP contribution in [0.5, 0.6) is 5.75 Å². The van der Waals surface area contributed by atoms with Gasteiger partial charge in [-0.1, -0.05) is 23.7 Å². The smallest absolute Gasteiger partial charge is 0.223 e. The SMILES string of the molecule is OC1C[C@H]2C(CC(OP)[C@@H]2/C=C/C2(COc3cccc(Cl)c3)OCCO2)O1. The minimum absolute atomic E-state index is 0.0149. The van der Waals surface area contributed by atoms with Crippen molar-refractivity contribution in [3.8, 4) is 5.75 Å². The first-order chi connectivity index (χ1) is 13.1. The van der Waals surface area contributed by atoms with Gasteiger partial charge in [-0.25, -0.2) is 0 Å². The Labute approximate surface area is 166 Å². The second kappa shape index (κ2) is 8.34. The molecule has 4 unspecified atom stereocenters. The number of benzene rings is 1. The third-order valence-corrected chi connectivity index (χ3v) is 6.02. The van der Waals surface area contributed by atoms with Crippen LogP contribution in [0.25, 0.3) is 0 Å². The molecular formula is C19H24ClO6P. The Balaban J connectivity index is 1.47. The second-order valence-electron chi connectivity index (χ2n) is 7.13. The number of aliphatic hydroxyl groups excluding tert-OH is 1. The highest BCUT2D eigenvalue weighted by atomic mass is 35.5. The van der Waals surface area contributed by atoms with E-state index in [1.54, 1.807) is 12.1 Å². The molecule has 0 amide bonds. The largest absolute Gasteiger partial charge is 0.488 e. The van der Waals surface area contributed by atoms with Crippen molar-refractivity contribution in [2.45, 2.75) is 37.1 Å². The molecule has 0 spiro atoms. The van der Waals surface area contributed by atoms with Gasteiger partial charge in [-0.05, 0) is 30.2 Å². The zero-order valence-electron chi connectivity index (χ0n) is 14.8. The van der Waals surface area contributed by atoms with E-state index < -0.39 is 12.1 Å². The van der Waals surface area contributed by atoms with Crippen molar-refractivity contribution < 1.29 is 28.6 Å². The quantitative estimate of drug-likeness (QED) is 0.570. The Kier molecular flexibility index (Phi) is 6.05. The number of hydrogen-bond donors (Lipinski definition) is 1. The van der Waals surface area contributed by atoms with Crippen molar-refractivity contribution in [2.24, 2.45) is 11.8 Å². The lowest BCUT2D eigenvalue weighted by Crippen LogP contribution is -2.35. The van der Waals surface area contributed by atoms with Crippen molar-refractivity contribution in [3.05, 3.63) is 41.4 Å². The Morgan fingerprint density at radius 1 is 1.30 bits per heavy atom. The summed E-state index contributed by atoms with van der Waals surface area (Å²) in [5, 5.41) is 10.4. The Morgan fingerprint density at radius 3 is 2.85 bits per heavy atom. The summed E-state index contributed by atoms with van der Waals surface area (Å²) in [5.41, 5.74) is 0. The molecule has 3 fully saturated rings. The van der Waals surface area contributed by atoms with Gasteiger partial charge in [0, 0.05) is 33.2 Å². The fraction of sp³-hybridized carbons (Fsp3) is 0.579. The summed E-state index contributed by atoms with van der Waals surface area (Å²) < 4.78 is 28.7. The van der Waals surface area contributed by atoms with Crippen LogP contribution in [0.4, 0.5) is 0 Å². The molecule has 2 saturated heterocycles.